The number of aliphatic hydroxyl groups is 3. The van der Waals surface area contributed by atoms with Crippen LogP contribution in [0.15, 0.2) is 36.4 Å². The molecule has 0 saturated carbocycles. The van der Waals surface area contributed by atoms with Crippen molar-refractivity contribution in [3.8, 4) is 0 Å². The summed E-state index contributed by atoms with van der Waals surface area (Å²) in [6.45, 7) is 2.80. The first-order valence-corrected chi connectivity index (χ1v) is 11.9. The number of amides is 3. The summed E-state index contributed by atoms with van der Waals surface area (Å²) in [4.78, 5) is 40.1. The molecule has 2 aromatic carbocycles. The molecule has 5 N–H and O–H groups in total. The summed E-state index contributed by atoms with van der Waals surface area (Å²) in [7, 11) is 0. The number of hydrogen-bond donors (Lipinski definition) is 5. The molecule has 3 aliphatic rings. The fourth-order valence-electron chi connectivity index (χ4n) is 4.91. The van der Waals surface area contributed by atoms with Gasteiger partial charge in [-0.3, -0.25) is 29.5 Å². The van der Waals surface area contributed by atoms with Crippen LogP contribution in [0.4, 0.5) is 10.1 Å². The van der Waals surface area contributed by atoms with Gasteiger partial charge in [0, 0.05) is 49.3 Å². The number of carbonyl (C=O) groups is 3. The van der Waals surface area contributed by atoms with Crippen LogP contribution in [0, 0.1) is 5.82 Å². The maximum absolute atomic E-state index is 14.8. The van der Waals surface area contributed by atoms with Gasteiger partial charge in [0.05, 0.1) is 25.3 Å². The van der Waals surface area contributed by atoms with Crippen LogP contribution in [0.2, 0.25) is 0 Å². The minimum absolute atomic E-state index is 0.104. The molecule has 196 valence electrons. The Labute approximate surface area is 211 Å². The molecule has 2 aromatic rings. The van der Waals surface area contributed by atoms with Crippen molar-refractivity contribution >= 4 is 23.4 Å². The van der Waals surface area contributed by atoms with Gasteiger partial charge in [0.2, 0.25) is 11.6 Å². The first-order chi connectivity index (χ1) is 17.6. The molecule has 1 unspecified atom stereocenters. The van der Waals surface area contributed by atoms with Crippen molar-refractivity contribution in [3.63, 3.8) is 0 Å². The molecule has 0 aromatic heterocycles. The summed E-state index contributed by atoms with van der Waals surface area (Å²) in [5, 5.41) is 37.3. The fraction of sp³-hybridized carbons (Fsp3) is 0.400. The summed E-state index contributed by atoms with van der Waals surface area (Å²) in [6, 6.07) is 8.52. The van der Waals surface area contributed by atoms with Crippen molar-refractivity contribution in [2.75, 3.05) is 31.6 Å². The number of benzene rings is 2. The summed E-state index contributed by atoms with van der Waals surface area (Å²) in [6.07, 6.45) is -0.421. The number of ether oxygens (including phenoxy) is 1. The third-order valence-electron chi connectivity index (χ3n) is 6.96. The second kappa shape index (κ2) is 9.47. The van der Waals surface area contributed by atoms with Gasteiger partial charge in [0.15, 0.2) is 0 Å². The second-order valence-corrected chi connectivity index (χ2v) is 9.42. The normalized spacial score (nSPS) is 22.7. The smallest absolute Gasteiger partial charge is 0.279 e. The van der Waals surface area contributed by atoms with Crippen LogP contribution in [-0.2, 0) is 33.3 Å². The van der Waals surface area contributed by atoms with E-state index in [-0.39, 0.29) is 36.2 Å². The maximum atomic E-state index is 14.8. The van der Waals surface area contributed by atoms with Gasteiger partial charge < -0.3 is 25.4 Å². The lowest BCUT2D eigenvalue weighted by Crippen LogP contribution is -2.63. The predicted molar refractivity (Wildman–Crippen MR) is 126 cm³/mol. The molecule has 2 fully saturated rings. The summed E-state index contributed by atoms with van der Waals surface area (Å²) >= 11 is 0. The molecule has 1 atom stereocenters. The monoisotopic (exact) mass is 514 g/mol. The van der Waals surface area contributed by atoms with Crippen LogP contribution in [0.3, 0.4) is 0 Å². The van der Waals surface area contributed by atoms with E-state index in [0.29, 0.717) is 38.4 Å². The topological polar surface area (TPSA) is 152 Å². The zero-order valence-electron chi connectivity index (χ0n) is 19.9. The zero-order valence-corrected chi connectivity index (χ0v) is 19.9. The molecule has 5 rings (SSSR count). The Bertz CT molecular complexity index is 1260. The highest BCUT2D eigenvalue weighted by atomic mass is 19.1. The van der Waals surface area contributed by atoms with Crippen LogP contribution in [0.1, 0.15) is 39.9 Å². The number of morpholine rings is 1. The molecule has 11 nitrogen and oxygen atoms in total. The Kier molecular flexibility index (Phi) is 6.46. The minimum Gasteiger partial charge on any atom is -0.379 e. The van der Waals surface area contributed by atoms with Crippen molar-refractivity contribution in [3.05, 3.63) is 64.5 Å². The Morgan fingerprint density at radius 1 is 1.14 bits per heavy atom. The van der Waals surface area contributed by atoms with E-state index in [9.17, 15) is 34.1 Å². The van der Waals surface area contributed by atoms with E-state index < -0.39 is 40.7 Å². The standard InChI is InChI=1S/C25H27FN4O7/c26-19-5-4-15(13-29-8-10-37-11-9-29)12-18(19)25(35,36)28-20-3-1-2-16-17(20)14-30(22(16)32)24(34)7-6-21(31)27-23(24)33/h1-5,12,28,34-36H,6-11,13-14H2,(H,27,31,33). The molecule has 3 heterocycles. The van der Waals surface area contributed by atoms with Crippen LogP contribution in [0.25, 0.3) is 0 Å². The van der Waals surface area contributed by atoms with Crippen molar-refractivity contribution in [2.45, 2.75) is 37.6 Å². The average Bonchev–Trinajstić information content (AvgIpc) is 3.21. The van der Waals surface area contributed by atoms with E-state index in [1.807, 2.05) is 5.32 Å². The van der Waals surface area contributed by atoms with Crippen LogP contribution < -0.4 is 10.6 Å². The fourth-order valence-corrected chi connectivity index (χ4v) is 4.91. The number of nitrogens with zero attached hydrogens (tertiary/aromatic N) is 2. The lowest BCUT2D eigenvalue weighted by atomic mass is 10.00. The van der Waals surface area contributed by atoms with Gasteiger partial charge in [-0.25, -0.2) is 4.39 Å². The van der Waals surface area contributed by atoms with Crippen molar-refractivity contribution in [1.82, 2.24) is 15.1 Å². The number of anilines is 1. The number of imide groups is 1. The Morgan fingerprint density at radius 3 is 2.62 bits per heavy atom. The Balaban J connectivity index is 1.40. The molecule has 3 amide bonds. The van der Waals surface area contributed by atoms with E-state index in [0.717, 1.165) is 11.0 Å². The molecule has 37 heavy (non-hydrogen) atoms. The molecule has 0 spiro atoms. The van der Waals surface area contributed by atoms with E-state index >= 15 is 0 Å². The van der Waals surface area contributed by atoms with Crippen LogP contribution >= 0.6 is 0 Å². The largest absolute Gasteiger partial charge is 0.379 e. The molecular weight excluding hydrogens is 487 g/mol. The number of fused-ring (bicyclic) bond motifs is 1. The highest BCUT2D eigenvalue weighted by molar-refractivity contribution is 6.07. The quantitative estimate of drug-likeness (QED) is 0.264. The van der Waals surface area contributed by atoms with Crippen molar-refractivity contribution in [2.24, 2.45) is 0 Å². The van der Waals surface area contributed by atoms with Gasteiger partial charge in [0.1, 0.15) is 5.82 Å². The maximum Gasteiger partial charge on any atom is 0.279 e. The van der Waals surface area contributed by atoms with Gasteiger partial charge in [-0.2, -0.15) is 0 Å². The lowest BCUT2D eigenvalue weighted by Gasteiger charge is -2.37. The molecule has 2 saturated heterocycles. The van der Waals surface area contributed by atoms with Gasteiger partial charge in [0.25, 0.3) is 17.7 Å². The van der Waals surface area contributed by atoms with E-state index in [4.69, 9.17) is 4.74 Å². The Hall–Kier alpha value is -3.42. The average molecular weight is 515 g/mol. The minimum atomic E-state index is -2.85. The first kappa shape index (κ1) is 25.2. The van der Waals surface area contributed by atoms with Gasteiger partial charge in [-0.15, -0.1) is 0 Å². The molecular formula is C25H27FN4O7. The number of nitrogens with one attached hydrogen (secondary N) is 2. The molecule has 12 heteroatoms. The SMILES string of the molecule is O=C1CCC(O)(N2Cc3c(NC(O)(O)c4cc(CN5CCOCC5)ccc4F)cccc3C2=O)C(=O)N1. The van der Waals surface area contributed by atoms with Gasteiger partial charge in [-0.1, -0.05) is 12.1 Å². The number of halogens is 1. The molecule has 0 radical (unpaired) electrons. The third kappa shape index (κ3) is 4.69. The van der Waals surface area contributed by atoms with E-state index in [1.165, 1.54) is 24.3 Å². The summed E-state index contributed by atoms with van der Waals surface area (Å²) < 4.78 is 20.1. The molecule has 0 bridgehead atoms. The van der Waals surface area contributed by atoms with Crippen LogP contribution in [0.5, 0.6) is 0 Å². The van der Waals surface area contributed by atoms with Crippen molar-refractivity contribution < 1.29 is 38.8 Å². The summed E-state index contributed by atoms with van der Waals surface area (Å²) in [5.41, 5.74) is -1.46. The highest BCUT2D eigenvalue weighted by Gasteiger charge is 2.51. The highest BCUT2D eigenvalue weighted by Crippen LogP contribution is 2.37. The zero-order chi connectivity index (χ0) is 26.4. The number of hydrogen-bond acceptors (Lipinski definition) is 9. The van der Waals surface area contributed by atoms with Crippen LogP contribution in [-0.4, -0.2) is 74.9 Å². The Morgan fingerprint density at radius 2 is 1.89 bits per heavy atom. The number of carbonyl (C=O) groups excluding carboxylic acids is 3. The van der Waals surface area contributed by atoms with Gasteiger partial charge in [-0.05, 0) is 29.8 Å². The van der Waals surface area contributed by atoms with E-state index in [1.54, 1.807) is 6.07 Å². The molecule has 0 aliphatic carbocycles. The first-order valence-electron chi connectivity index (χ1n) is 11.9. The second-order valence-electron chi connectivity index (χ2n) is 9.42. The number of rotatable bonds is 6. The van der Waals surface area contributed by atoms with E-state index in [2.05, 4.69) is 10.2 Å². The third-order valence-corrected chi connectivity index (χ3v) is 6.96. The predicted octanol–water partition coefficient (Wildman–Crippen LogP) is -0.0541. The van der Waals surface area contributed by atoms with Gasteiger partial charge >= 0.3 is 0 Å². The van der Waals surface area contributed by atoms with Crippen molar-refractivity contribution in [1.29, 1.82) is 0 Å². The lowest BCUT2D eigenvalue weighted by molar-refractivity contribution is -0.168. The number of piperidine rings is 1. The summed E-state index contributed by atoms with van der Waals surface area (Å²) in [5.74, 6) is -5.90. The molecule has 3 aliphatic heterocycles.